The fourth-order valence-electron chi connectivity index (χ4n) is 5.34. The van der Waals surface area contributed by atoms with Gasteiger partial charge in [0.15, 0.2) is 5.78 Å². The van der Waals surface area contributed by atoms with Gasteiger partial charge in [-0.25, -0.2) is 17.5 Å². The fraction of sp³-hybridized carbons (Fsp3) is 0.222. The smallest absolute Gasteiger partial charge is 0.292 e. The largest absolute Gasteiger partial charge is 0.416 e. The minimum absolute atomic E-state index is 0.0347. The van der Waals surface area contributed by atoms with E-state index in [9.17, 15) is 30.8 Å². The van der Waals surface area contributed by atoms with Crippen molar-refractivity contribution in [1.82, 2.24) is 19.1 Å². The molecule has 0 radical (unpaired) electrons. The summed E-state index contributed by atoms with van der Waals surface area (Å²) >= 11 is 1.15. The first-order valence-corrected chi connectivity index (χ1v) is 14.5. The highest BCUT2D eigenvalue weighted by Gasteiger charge is 2.51. The maximum Gasteiger partial charge on any atom is 0.416 e. The highest BCUT2D eigenvalue weighted by molar-refractivity contribution is 7.89. The summed E-state index contributed by atoms with van der Waals surface area (Å²) in [4.78, 5) is 18.1. The van der Waals surface area contributed by atoms with E-state index in [0.29, 0.717) is 21.8 Å². The van der Waals surface area contributed by atoms with Gasteiger partial charge in [0.1, 0.15) is 5.82 Å². The van der Waals surface area contributed by atoms with Gasteiger partial charge in [0.2, 0.25) is 10.0 Å². The number of halogens is 4. The molecule has 0 bridgehead atoms. The Bertz CT molecular complexity index is 1730. The normalized spacial score (nSPS) is 19.6. The number of aromatic nitrogens is 3. The Hall–Kier alpha value is -3.68. The van der Waals surface area contributed by atoms with E-state index in [1.807, 2.05) is 6.08 Å². The summed E-state index contributed by atoms with van der Waals surface area (Å²) in [6, 6.07) is 9.16. The number of sulfonamides is 1. The van der Waals surface area contributed by atoms with E-state index in [-0.39, 0.29) is 42.4 Å². The van der Waals surface area contributed by atoms with Crippen LogP contribution in [0.5, 0.6) is 0 Å². The number of rotatable bonds is 5. The van der Waals surface area contributed by atoms with Gasteiger partial charge < -0.3 is 0 Å². The molecule has 0 N–H and O–H groups in total. The van der Waals surface area contributed by atoms with Gasteiger partial charge in [-0.3, -0.25) is 9.78 Å². The van der Waals surface area contributed by atoms with E-state index in [0.717, 1.165) is 41.2 Å². The van der Waals surface area contributed by atoms with E-state index in [4.69, 9.17) is 0 Å². The van der Waals surface area contributed by atoms with Gasteiger partial charge in [0.25, 0.3) is 0 Å². The minimum atomic E-state index is -4.60. The number of fused-ring (bicyclic) bond motifs is 2. The van der Waals surface area contributed by atoms with Gasteiger partial charge in [-0.05, 0) is 73.0 Å². The lowest BCUT2D eigenvalue weighted by Crippen LogP contribution is -2.53. The molecular weight excluding hydrogens is 568 g/mol. The molecule has 2 aromatic heterocycles. The van der Waals surface area contributed by atoms with E-state index in [1.54, 1.807) is 23.0 Å². The summed E-state index contributed by atoms with van der Waals surface area (Å²) in [6.45, 7) is -0.160. The summed E-state index contributed by atoms with van der Waals surface area (Å²) in [5, 5.41) is 4.46. The van der Waals surface area contributed by atoms with Crippen LogP contribution in [-0.2, 0) is 22.6 Å². The molecule has 40 heavy (non-hydrogen) atoms. The molecule has 2 aliphatic rings. The lowest BCUT2D eigenvalue weighted by molar-refractivity contribution is -0.137. The van der Waals surface area contributed by atoms with E-state index >= 15 is 0 Å². The van der Waals surface area contributed by atoms with Crippen molar-refractivity contribution in [2.45, 2.75) is 23.9 Å². The van der Waals surface area contributed by atoms with Crippen molar-refractivity contribution in [2.75, 3.05) is 13.1 Å². The Kier molecular flexibility index (Phi) is 6.28. The third kappa shape index (κ3) is 4.38. The van der Waals surface area contributed by atoms with Crippen LogP contribution in [0.25, 0.3) is 11.8 Å². The number of carbonyl (C=O) groups excluding carboxylic acids is 1. The first kappa shape index (κ1) is 26.5. The Balaban J connectivity index is 1.40. The first-order valence-electron chi connectivity index (χ1n) is 12.1. The SMILES string of the molecule is O=C(c1cncs1)C12Cc3cnn(-c4ccc(F)cc4)c3C=C1CCN(S(=O)(=O)c1ccc(C(F)(F)F)cc1)C2. The maximum atomic E-state index is 14.0. The average Bonchev–Trinajstić information content (AvgIpc) is 3.61. The van der Waals surface area contributed by atoms with Crippen molar-refractivity contribution in [2.24, 2.45) is 5.41 Å². The number of piperidine rings is 1. The Morgan fingerprint density at radius 3 is 2.40 bits per heavy atom. The molecule has 4 aromatic rings. The monoisotopic (exact) mass is 588 g/mol. The van der Waals surface area contributed by atoms with Crippen LogP contribution < -0.4 is 0 Å². The summed E-state index contributed by atoms with van der Waals surface area (Å²) in [5.74, 6) is -0.673. The van der Waals surface area contributed by atoms with Crippen molar-refractivity contribution in [1.29, 1.82) is 0 Å². The Morgan fingerprint density at radius 1 is 1.02 bits per heavy atom. The second kappa shape index (κ2) is 9.46. The molecule has 1 unspecified atom stereocenters. The third-order valence-corrected chi connectivity index (χ3v) is 9.99. The summed E-state index contributed by atoms with van der Waals surface area (Å²) in [5.41, 5.74) is 2.09. The molecule has 1 atom stereocenters. The van der Waals surface area contributed by atoms with E-state index in [1.165, 1.54) is 28.1 Å². The molecular formula is C27H20F4N4O3S2. The molecule has 1 saturated heterocycles. The van der Waals surface area contributed by atoms with Crippen LogP contribution in [0.15, 0.2) is 76.9 Å². The number of nitrogens with zero attached hydrogens (tertiary/aromatic N) is 4. The predicted octanol–water partition coefficient (Wildman–Crippen LogP) is 5.39. The minimum Gasteiger partial charge on any atom is -0.292 e. The van der Waals surface area contributed by atoms with E-state index < -0.39 is 27.2 Å². The van der Waals surface area contributed by atoms with Crippen LogP contribution >= 0.6 is 11.3 Å². The van der Waals surface area contributed by atoms with Gasteiger partial charge >= 0.3 is 6.18 Å². The zero-order valence-electron chi connectivity index (χ0n) is 20.6. The number of benzene rings is 2. The second-order valence-electron chi connectivity index (χ2n) is 9.68. The van der Waals surface area contributed by atoms with Crippen LogP contribution in [0.2, 0.25) is 0 Å². The first-order chi connectivity index (χ1) is 19.0. The number of Topliss-reactive ketones (excluding diaryl/α,β-unsaturated/α-hetero) is 1. The van der Waals surface area contributed by atoms with E-state index in [2.05, 4.69) is 10.1 Å². The maximum absolute atomic E-state index is 14.0. The molecule has 2 aromatic carbocycles. The average molecular weight is 589 g/mol. The lowest BCUT2D eigenvalue weighted by Gasteiger charge is -2.44. The highest BCUT2D eigenvalue weighted by Crippen LogP contribution is 2.47. The fourth-order valence-corrected chi connectivity index (χ4v) is 7.50. The molecule has 1 fully saturated rings. The lowest BCUT2D eigenvalue weighted by atomic mass is 9.66. The van der Waals surface area contributed by atoms with Crippen molar-refractivity contribution < 1.29 is 30.8 Å². The number of thiazole rings is 1. The highest BCUT2D eigenvalue weighted by atomic mass is 32.2. The van der Waals surface area contributed by atoms with Gasteiger partial charge in [-0.15, -0.1) is 11.3 Å². The van der Waals surface area contributed by atoms with Crippen molar-refractivity contribution in [3.63, 3.8) is 0 Å². The van der Waals surface area contributed by atoms with Gasteiger partial charge in [0.05, 0.1) is 43.8 Å². The number of alkyl halides is 3. The molecule has 1 aliphatic carbocycles. The van der Waals surface area contributed by atoms with Crippen LogP contribution in [0, 0.1) is 11.2 Å². The number of hydrogen-bond donors (Lipinski definition) is 0. The topological polar surface area (TPSA) is 85.2 Å². The van der Waals surface area contributed by atoms with Crippen LogP contribution in [0.1, 0.15) is 32.9 Å². The van der Waals surface area contributed by atoms with Crippen molar-refractivity contribution >= 4 is 33.2 Å². The third-order valence-electron chi connectivity index (χ3n) is 7.36. The Labute approximate surface area is 230 Å². The van der Waals surface area contributed by atoms with Crippen LogP contribution in [-0.4, -0.2) is 46.4 Å². The summed E-state index contributed by atoms with van der Waals surface area (Å²) in [6.07, 6.45) is 0.674. The summed E-state index contributed by atoms with van der Waals surface area (Å²) in [7, 11) is -4.22. The number of hydrogen-bond acceptors (Lipinski definition) is 6. The van der Waals surface area contributed by atoms with Crippen molar-refractivity contribution in [3.8, 4) is 5.69 Å². The number of carbonyl (C=O) groups is 1. The van der Waals surface area contributed by atoms with Crippen LogP contribution in [0.4, 0.5) is 17.6 Å². The van der Waals surface area contributed by atoms with Gasteiger partial charge in [0, 0.05) is 19.3 Å². The Morgan fingerprint density at radius 2 is 1.75 bits per heavy atom. The molecule has 0 saturated carbocycles. The molecule has 13 heteroatoms. The molecule has 1 aliphatic heterocycles. The number of ketones is 1. The molecule has 206 valence electrons. The van der Waals surface area contributed by atoms with Gasteiger partial charge in [-0.1, -0.05) is 5.57 Å². The van der Waals surface area contributed by atoms with Crippen LogP contribution in [0.3, 0.4) is 0 Å². The quantitative estimate of drug-likeness (QED) is 0.231. The van der Waals surface area contributed by atoms with Crippen molar-refractivity contribution in [3.05, 3.63) is 99.5 Å². The second-order valence-corrected chi connectivity index (χ2v) is 12.5. The molecule has 0 spiro atoms. The summed E-state index contributed by atoms with van der Waals surface area (Å²) < 4.78 is 82.6. The molecule has 6 rings (SSSR count). The molecule has 7 nitrogen and oxygen atoms in total. The standard InChI is InChI=1S/C27H20F4N4O3S2/c28-20-3-5-21(6-4-20)35-23-11-19-9-10-34(40(37,38)22-7-1-18(2-8-22)27(29,30)31)15-26(19,12-17(23)13-33-35)25(36)24-14-32-16-39-24/h1-8,11,13-14,16H,9-10,12,15H2. The zero-order chi connectivity index (χ0) is 28.3. The molecule has 0 amide bonds. The molecule has 3 heterocycles. The zero-order valence-corrected chi connectivity index (χ0v) is 22.2. The predicted molar refractivity (Wildman–Crippen MR) is 139 cm³/mol. The van der Waals surface area contributed by atoms with Gasteiger partial charge in [-0.2, -0.15) is 22.6 Å².